The van der Waals surface area contributed by atoms with Crippen LogP contribution in [0.2, 0.25) is 0 Å². The van der Waals surface area contributed by atoms with Gasteiger partial charge in [0.1, 0.15) is 5.82 Å². The summed E-state index contributed by atoms with van der Waals surface area (Å²) in [5.41, 5.74) is 5.28. The molecule has 2 aromatic carbocycles. The maximum atomic E-state index is 13.5. The van der Waals surface area contributed by atoms with Crippen LogP contribution in [0.4, 0.5) is 4.39 Å². The Kier molecular flexibility index (Phi) is 6.99. The Morgan fingerprint density at radius 1 is 1.18 bits per heavy atom. The second-order valence-electron chi connectivity index (χ2n) is 12.1. The maximum Gasteiger partial charge on any atom is 0.123 e. The fourth-order valence-electron chi connectivity index (χ4n) is 6.04. The van der Waals surface area contributed by atoms with Gasteiger partial charge in [-0.3, -0.25) is 0 Å². The van der Waals surface area contributed by atoms with Gasteiger partial charge in [-0.2, -0.15) is 5.10 Å². The standard InChI is InChI=1S/C31H38FN3O2S/c1-21(34-38(37)29(2,3)4)27-9-7-6-8-22(27)14-16-31(36)17-15-24-18-28-23(19-30(24,31)5)20-33-35(28)26-12-10-25(32)11-13-26/h6-13,18,20-21,34,36H,14-17,19H2,1-5H3/t21-,30+,31+,38-/m1/s1. The third-order valence-electron chi connectivity index (χ3n) is 8.53. The van der Waals surface area contributed by atoms with Crippen LogP contribution in [-0.2, 0) is 23.8 Å². The summed E-state index contributed by atoms with van der Waals surface area (Å²) in [6.45, 7) is 10.1. The number of aliphatic hydroxyl groups is 1. The quantitative estimate of drug-likeness (QED) is 0.377. The predicted molar refractivity (Wildman–Crippen MR) is 152 cm³/mol. The number of halogens is 1. The molecule has 0 aliphatic heterocycles. The van der Waals surface area contributed by atoms with E-state index in [9.17, 15) is 13.7 Å². The van der Waals surface area contributed by atoms with Gasteiger partial charge in [0.25, 0.3) is 0 Å². The summed E-state index contributed by atoms with van der Waals surface area (Å²) in [7, 11) is -1.17. The molecule has 0 saturated heterocycles. The van der Waals surface area contributed by atoms with Crippen molar-refractivity contribution >= 4 is 17.1 Å². The second kappa shape index (κ2) is 9.85. The molecule has 0 spiro atoms. The number of nitrogens with zero attached hydrogens (tertiary/aromatic N) is 2. The van der Waals surface area contributed by atoms with Gasteiger partial charge in [-0.05, 0) is 107 Å². The van der Waals surface area contributed by atoms with E-state index >= 15 is 0 Å². The molecule has 0 unspecified atom stereocenters. The molecule has 0 bridgehead atoms. The van der Waals surface area contributed by atoms with Gasteiger partial charge in [0.2, 0.25) is 0 Å². The number of hydrogen-bond donors (Lipinski definition) is 2. The van der Waals surface area contributed by atoms with Crippen molar-refractivity contribution in [1.82, 2.24) is 14.5 Å². The van der Waals surface area contributed by atoms with E-state index in [-0.39, 0.29) is 22.0 Å². The second-order valence-corrected chi connectivity index (χ2v) is 14.1. The first-order chi connectivity index (χ1) is 17.9. The normalized spacial score (nSPS) is 24.4. The van der Waals surface area contributed by atoms with Crippen LogP contribution in [-0.4, -0.2) is 29.4 Å². The molecule has 0 amide bonds. The summed E-state index contributed by atoms with van der Waals surface area (Å²) in [4.78, 5) is 0. The van der Waals surface area contributed by atoms with Gasteiger partial charge in [-0.25, -0.2) is 18.0 Å². The SMILES string of the molecule is C[C@@H](N[S@](=O)C(C)(C)C)c1ccccc1CC[C@]1(O)CCC2=Cc3c(cnn3-c3ccc(F)cc3)C[C@@]21C. The summed E-state index contributed by atoms with van der Waals surface area (Å²) >= 11 is 0. The smallest absolute Gasteiger partial charge is 0.123 e. The Labute approximate surface area is 227 Å². The van der Waals surface area contributed by atoms with Gasteiger partial charge < -0.3 is 5.11 Å². The molecule has 5 nitrogen and oxygen atoms in total. The number of fused-ring (bicyclic) bond motifs is 2. The van der Waals surface area contributed by atoms with Crippen molar-refractivity contribution in [2.24, 2.45) is 5.41 Å². The Bertz CT molecular complexity index is 1390. The lowest BCUT2D eigenvalue weighted by Gasteiger charge is -2.42. The van der Waals surface area contributed by atoms with Crippen LogP contribution < -0.4 is 4.72 Å². The molecule has 1 heterocycles. The molecule has 3 aromatic rings. The summed E-state index contributed by atoms with van der Waals surface area (Å²) in [6, 6.07) is 14.6. The molecule has 4 atom stereocenters. The molecule has 2 aliphatic rings. The largest absolute Gasteiger partial charge is 0.389 e. The van der Waals surface area contributed by atoms with Gasteiger partial charge >= 0.3 is 0 Å². The zero-order valence-corrected chi connectivity index (χ0v) is 23.7. The van der Waals surface area contributed by atoms with Crippen LogP contribution in [0.25, 0.3) is 11.8 Å². The zero-order chi connectivity index (χ0) is 27.3. The summed E-state index contributed by atoms with van der Waals surface area (Å²) in [5, 5.41) is 16.7. The lowest BCUT2D eigenvalue weighted by atomic mass is 9.65. The average molecular weight is 536 g/mol. The van der Waals surface area contributed by atoms with Crippen molar-refractivity contribution in [3.63, 3.8) is 0 Å². The van der Waals surface area contributed by atoms with E-state index in [2.05, 4.69) is 41.9 Å². The molecule has 1 fully saturated rings. The highest BCUT2D eigenvalue weighted by Crippen LogP contribution is 2.57. The molecular weight excluding hydrogens is 497 g/mol. The predicted octanol–water partition coefficient (Wildman–Crippen LogP) is 6.23. The molecule has 1 aromatic heterocycles. The van der Waals surface area contributed by atoms with Crippen molar-refractivity contribution in [3.8, 4) is 5.69 Å². The van der Waals surface area contributed by atoms with Gasteiger partial charge in [0.05, 0.1) is 38.9 Å². The number of rotatable bonds is 7. The summed E-state index contributed by atoms with van der Waals surface area (Å²) in [5.74, 6) is -0.268. The molecular formula is C31H38FN3O2S. The number of benzene rings is 2. The highest BCUT2D eigenvalue weighted by atomic mass is 32.2. The first-order valence-corrected chi connectivity index (χ1v) is 14.6. The summed E-state index contributed by atoms with van der Waals surface area (Å²) in [6.07, 6.45) is 7.73. The van der Waals surface area contributed by atoms with Crippen molar-refractivity contribution in [2.45, 2.75) is 83.1 Å². The molecule has 1 saturated carbocycles. The van der Waals surface area contributed by atoms with Crippen molar-refractivity contribution in [2.75, 3.05) is 0 Å². The Hall–Kier alpha value is -2.61. The van der Waals surface area contributed by atoms with E-state index in [1.807, 2.05) is 43.8 Å². The Morgan fingerprint density at radius 2 is 1.89 bits per heavy atom. The van der Waals surface area contributed by atoms with Crippen LogP contribution in [0.15, 0.2) is 60.3 Å². The Morgan fingerprint density at radius 3 is 2.61 bits per heavy atom. The van der Waals surface area contributed by atoms with Gasteiger partial charge in [0.15, 0.2) is 0 Å². The molecule has 7 heteroatoms. The molecule has 2 N–H and O–H groups in total. The lowest BCUT2D eigenvalue weighted by molar-refractivity contribution is -0.0462. The minimum Gasteiger partial charge on any atom is -0.389 e. The Balaban J connectivity index is 1.36. The molecule has 202 valence electrons. The minimum absolute atomic E-state index is 0.0648. The van der Waals surface area contributed by atoms with Crippen molar-refractivity contribution in [1.29, 1.82) is 0 Å². The van der Waals surface area contributed by atoms with E-state index in [1.54, 1.807) is 12.1 Å². The highest BCUT2D eigenvalue weighted by molar-refractivity contribution is 7.84. The fraction of sp³-hybridized carbons (Fsp3) is 0.452. The minimum atomic E-state index is -1.17. The van der Waals surface area contributed by atoms with E-state index in [0.29, 0.717) is 12.8 Å². The van der Waals surface area contributed by atoms with Crippen LogP contribution >= 0.6 is 0 Å². The number of hydrogen-bond acceptors (Lipinski definition) is 3. The topological polar surface area (TPSA) is 67.2 Å². The van der Waals surface area contributed by atoms with Gasteiger partial charge in [-0.1, -0.05) is 36.8 Å². The third kappa shape index (κ3) is 4.80. The van der Waals surface area contributed by atoms with Crippen LogP contribution in [0, 0.1) is 11.2 Å². The first kappa shape index (κ1) is 27.0. The molecule has 5 rings (SSSR count). The third-order valence-corrected chi connectivity index (χ3v) is 10.2. The van der Waals surface area contributed by atoms with Crippen molar-refractivity contribution < 1.29 is 13.7 Å². The number of aromatic nitrogens is 2. The molecule has 38 heavy (non-hydrogen) atoms. The van der Waals surface area contributed by atoms with Gasteiger partial charge in [-0.15, -0.1) is 0 Å². The van der Waals surface area contributed by atoms with Crippen LogP contribution in [0.1, 0.15) is 82.3 Å². The number of aryl methyl sites for hydroxylation is 1. The van der Waals surface area contributed by atoms with E-state index in [4.69, 9.17) is 0 Å². The van der Waals surface area contributed by atoms with Crippen molar-refractivity contribution in [3.05, 3.63) is 88.5 Å². The van der Waals surface area contributed by atoms with Crippen LogP contribution in [0.5, 0.6) is 0 Å². The lowest BCUT2D eigenvalue weighted by Crippen LogP contribution is -2.45. The zero-order valence-electron chi connectivity index (χ0n) is 22.9. The maximum absolute atomic E-state index is 13.5. The van der Waals surface area contributed by atoms with E-state index in [0.717, 1.165) is 41.8 Å². The van der Waals surface area contributed by atoms with Gasteiger partial charge in [0, 0.05) is 11.5 Å². The summed E-state index contributed by atoms with van der Waals surface area (Å²) < 4.78 is 31.0. The first-order valence-electron chi connectivity index (χ1n) is 13.4. The van der Waals surface area contributed by atoms with E-state index in [1.165, 1.54) is 23.3 Å². The average Bonchev–Trinajstić information content (AvgIpc) is 3.39. The molecule has 0 radical (unpaired) electrons. The monoisotopic (exact) mass is 535 g/mol. The fourth-order valence-corrected chi connectivity index (χ4v) is 6.85. The highest BCUT2D eigenvalue weighted by Gasteiger charge is 2.54. The van der Waals surface area contributed by atoms with Crippen LogP contribution in [0.3, 0.4) is 0 Å². The number of nitrogens with one attached hydrogen (secondary N) is 1. The van der Waals surface area contributed by atoms with E-state index < -0.39 is 16.6 Å². The molecule has 2 aliphatic carbocycles.